The van der Waals surface area contributed by atoms with Gasteiger partial charge in [-0.05, 0) is 42.3 Å². The highest BCUT2D eigenvalue weighted by molar-refractivity contribution is 5.67. The molecule has 5 nitrogen and oxygen atoms in total. The van der Waals surface area contributed by atoms with Crippen LogP contribution in [0.1, 0.15) is 16.7 Å². The number of hydrogen-bond donors (Lipinski definition) is 1. The van der Waals surface area contributed by atoms with Crippen molar-refractivity contribution in [3.8, 4) is 16.9 Å². The maximum Gasteiger partial charge on any atom is 0.416 e. The molecule has 0 bridgehead atoms. The van der Waals surface area contributed by atoms with Crippen molar-refractivity contribution >= 4 is 6.09 Å². The number of nitrogens with zero attached hydrogens (tertiary/aromatic N) is 2. The molecule has 0 saturated heterocycles. The molecule has 0 spiro atoms. The summed E-state index contributed by atoms with van der Waals surface area (Å²) in [4.78, 5) is 11.3. The van der Waals surface area contributed by atoms with Crippen LogP contribution in [0.3, 0.4) is 0 Å². The van der Waals surface area contributed by atoms with E-state index in [1.807, 2.05) is 6.92 Å². The van der Waals surface area contributed by atoms with Gasteiger partial charge in [0, 0.05) is 18.3 Å². The smallest absolute Gasteiger partial charge is 0.416 e. The van der Waals surface area contributed by atoms with E-state index in [1.165, 1.54) is 19.4 Å². The first-order valence-corrected chi connectivity index (χ1v) is 8.64. The molecule has 3 rings (SSSR count). The lowest BCUT2D eigenvalue weighted by molar-refractivity contribution is -0.138. The van der Waals surface area contributed by atoms with Crippen molar-refractivity contribution in [2.75, 3.05) is 7.11 Å². The topological polar surface area (TPSA) is 56.1 Å². The number of amides is 1. The molecule has 10 heteroatoms. The maximum atomic E-state index is 14.2. The largest absolute Gasteiger partial charge is 0.453 e. The Morgan fingerprint density at radius 1 is 1.13 bits per heavy atom. The Bertz CT molecular complexity index is 1070. The predicted molar refractivity (Wildman–Crippen MR) is 97.9 cm³/mol. The van der Waals surface area contributed by atoms with Crippen LogP contribution in [-0.2, 0) is 17.5 Å². The molecule has 0 radical (unpaired) electrons. The van der Waals surface area contributed by atoms with Crippen molar-refractivity contribution in [1.29, 1.82) is 0 Å². The lowest BCUT2D eigenvalue weighted by atomic mass is 10.0. The Morgan fingerprint density at radius 3 is 2.40 bits per heavy atom. The van der Waals surface area contributed by atoms with E-state index in [0.717, 1.165) is 15.8 Å². The van der Waals surface area contributed by atoms with Gasteiger partial charge in [0.05, 0.1) is 18.4 Å². The molecule has 0 aliphatic carbocycles. The number of methoxy groups -OCH3 is 1. The van der Waals surface area contributed by atoms with Gasteiger partial charge in [-0.3, -0.25) is 0 Å². The Kier molecular flexibility index (Phi) is 5.77. The predicted octanol–water partition coefficient (Wildman–Crippen LogP) is 5.00. The number of ether oxygens (including phenoxy) is 1. The van der Waals surface area contributed by atoms with Gasteiger partial charge in [0.15, 0.2) is 11.6 Å². The molecule has 1 amide bonds. The zero-order chi connectivity index (χ0) is 22.1. The number of nitrogens with one attached hydrogen (secondary N) is 1. The molecule has 0 unspecified atom stereocenters. The highest BCUT2D eigenvalue weighted by atomic mass is 19.4. The molecule has 30 heavy (non-hydrogen) atoms. The van der Waals surface area contributed by atoms with E-state index in [9.17, 15) is 26.7 Å². The molecule has 2 aromatic carbocycles. The highest BCUT2D eigenvalue weighted by Gasteiger charge is 2.33. The molecule has 1 aromatic heterocycles. The fourth-order valence-electron chi connectivity index (χ4n) is 2.81. The number of hydrogen-bond acceptors (Lipinski definition) is 3. The van der Waals surface area contributed by atoms with Gasteiger partial charge in [0.2, 0.25) is 0 Å². The van der Waals surface area contributed by atoms with E-state index < -0.39 is 35.2 Å². The van der Waals surface area contributed by atoms with Crippen molar-refractivity contribution in [3.05, 3.63) is 70.9 Å². The number of aromatic nitrogens is 2. The SMILES string of the molecule is COC(=O)NCc1cc(-c2ccn(-c3c(F)cc(C(F)(F)F)cc3F)n2)ccc1C. The molecule has 1 heterocycles. The minimum absolute atomic E-state index is 0.190. The van der Waals surface area contributed by atoms with Crippen LogP contribution in [0.15, 0.2) is 42.6 Å². The van der Waals surface area contributed by atoms with Crippen LogP contribution in [0.25, 0.3) is 16.9 Å². The zero-order valence-electron chi connectivity index (χ0n) is 15.8. The van der Waals surface area contributed by atoms with Gasteiger partial charge < -0.3 is 10.1 Å². The van der Waals surface area contributed by atoms with Gasteiger partial charge in [-0.25, -0.2) is 18.3 Å². The molecule has 158 valence electrons. The molecule has 0 saturated carbocycles. The van der Waals surface area contributed by atoms with E-state index >= 15 is 0 Å². The van der Waals surface area contributed by atoms with Gasteiger partial charge in [0.25, 0.3) is 0 Å². The molecule has 0 atom stereocenters. The third-order valence-corrected chi connectivity index (χ3v) is 4.42. The number of alkyl carbamates (subject to hydrolysis) is 1. The number of carbonyl (C=O) groups excluding carboxylic acids is 1. The summed E-state index contributed by atoms with van der Waals surface area (Å²) in [6.45, 7) is 2.03. The number of alkyl halides is 3. The van der Waals surface area contributed by atoms with Gasteiger partial charge in [-0.15, -0.1) is 0 Å². The van der Waals surface area contributed by atoms with Crippen LogP contribution >= 0.6 is 0 Å². The van der Waals surface area contributed by atoms with Crippen LogP contribution < -0.4 is 5.32 Å². The summed E-state index contributed by atoms with van der Waals surface area (Å²) in [5.74, 6) is -2.77. The third-order valence-electron chi connectivity index (χ3n) is 4.42. The fraction of sp³-hybridized carbons (Fsp3) is 0.200. The van der Waals surface area contributed by atoms with Crippen molar-refractivity contribution in [2.24, 2.45) is 0 Å². The number of aryl methyl sites for hydroxylation is 1. The molecule has 0 aliphatic heterocycles. The summed E-state index contributed by atoms with van der Waals surface area (Å²) < 4.78 is 72.0. The monoisotopic (exact) mass is 425 g/mol. The van der Waals surface area contributed by atoms with E-state index in [-0.39, 0.29) is 18.7 Å². The van der Waals surface area contributed by atoms with Crippen molar-refractivity contribution in [3.63, 3.8) is 0 Å². The second-order valence-corrected chi connectivity index (χ2v) is 6.42. The minimum Gasteiger partial charge on any atom is -0.453 e. The normalized spacial score (nSPS) is 11.4. The van der Waals surface area contributed by atoms with E-state index in [2.05, 4.69) is 15.2 Å². The Hall–Kier alpha value is -3.43. The average molecular weight is 425 g/mol. The molecule has 1 N–H and O–H groups in total. The van der Waals surface area contributed by atoms with Crippen molar-refractivity contribution in [1.82, 2.24) is 15.1 Å². The molecule has 0 fully saturated rings. The summed E-state index contributed by atoms with van der Waals surface area (Å²) in [6.07, 6.45) is -4.22. The third kappa shape index (κ3) is 4.42. The minimum atomic E-state index is -4.87. The van der Waals surface area contributed by atoms with E-state index in [4.69, 9.17) is 0 Å². The lowest BCUT2D eigenvalue weighted by Crippen LogP contribution is -2.22. The Labute approximate surface area is 168 Å². The van der Waals surface area contributed by atoms with Crippen LogP contribution in [0.5, 0.6) is 0 Å². The Morgan fingerprint density at radius 2 is 1.80 bits per heavy atom. The molecule has 0 aliphatic rings. The van der Waals surface area contributed by atoms with Crippen LogP contribution in [-0.4, -0.2) is 23.0 Å². The van der Waals surface area contributed by atoms with Crippen LogP contribution in [0, 0.1) is 18.6 Å². The maximum absolute atomic E-state index is 14.2. The second-order valence-electron chi connectivity index (χ2n) is 6.42. The van der Waals surface area contributed by atoms with Gasteiger partial charge in [-0.1, -0.05) is 12.1 Å². The van der Waals surface area contributed by atoms with Gasteiger partial charge in [-0.2, -0.15) is 18.3 Å². The van der Waals surface area contributed by atoms with Crippen molar-refractivity contribution < 1.29 is 31.5 Å². The first-order chi connectivity index (χ1) is 14.1. The lowest BCUT2D eigenvalue weighted by Gasteiger charge is -2.11. The molecular formula is C20H16F5N3O2. The summed E-state index contributed by atoms with van der Waals surface area (Å²) in [5.41, 5.74) is 0.444. The fourth-order valence-corrected chi connectivity index (χ4v) is 2.81. The summed E-state index contributed by atoms with van der Waals surface area (Å²) in [7, 11) is 1.24. The quantitative estimate of drug-likeness (QED) is 0.599. The van der Waals surface area contributed by atoms with Crippen LogP contribution in [0.2, 0.25) is 0 Å². The second kappa shape index (κ2) is 8.13. The van der Waals surface area contributed by atoms with E-state index in [1.54, 1.807) is 18.2 Å². The number of rotatable bonds is 4. The van der Waals surface area contributed by atoms with E-state index in [0.29, 0.717) is 11.3 Å². The van der Waals surface area contributed by atoms with Gasteiger partial charge >= 0.3 is 12.3 Å². The summed E-state index contributed by atoms with van der Waals surface area (Å²) in [5, 5.41) is 6.64. The first-order valence-electron chi connectivity index (χ1n) is 8.64. The number of benzene rings is 2. The first kappa shape index (κ1) is 21.3. The number of halogens is 5. The average Bonchev–Trinajstić information content (AvgIpc) is 3.15. The van der Waals surface area contributed by atoms with Crippen LogP contribution in [0.4, 0.5) is 26.7 Å². The molecular weight excluding hydrogens is 409 g/mol. The summed E-state index contributed by atoms with van der Waals surface area (Å²) >= 11 is 0. The standard InChI is InChI=1S/C20H16F5N3O2/c1-11-3-4-12(7-13(11)10-26-19(29)30-2)17-5-6-28(27-17)18-15(21)8-14(9-16(18)22)20(23,24)25/h3-9H,10H2,1-2H3,(H,26,29). The van der Waals surface area contributed by atoms with Crippen molar-refractivity contribution in [2.45, 2.75) is 19.6 Å². The highest BCUT2D eigenvalue weighted by Crippen LogP contribution is 2.32. The molecule has 3 aromatic rings. The summed E-state index contributed by atoms with van der Waals surface area (Å²) in [6, 6.07) is 7.16. The number of carbonyl (C=O) groups is 1. The zero-order valence-corrected chi connectivity index (χ0v) is 15.8. The Balaban J connectivity index is 1.93. The van der Waals surface area contributed by atoms with Gasteiger partial charge in [0.1, 0.15) is 5.69 Å².